The van der Waals surface area contributed by atoms with Crippen LogP contribution in [0.2, 0.25) is 0 Å². The van der Waals surface area contributed by atoms with Crippen molar-refractivity contribution in [3.05, 3.63) is 66.7 Å². The van der Waals surface area contributed by atoms with Crippen LogP contribution in [0, 0.1) is 20.2 Å². The van der Waals surface area contributed by atoms with E-state index in [1.807, 2.05) is 4.90 Å². The van der Waals surface area contributed by atoms with Crippen molar-refractivity contribution in [2.45, 2.75) is 0 Å². The quantitative estimate of drug-likeness (QED) is 0.207. The fraction of sp³-hybridized carbons (Fsp3) is 0.200. The second-order valence-corrected chi connectivity index (χ2v) is 8.16. The van der Waals surface area contributed by atoms with Gasteiger partial charge in [-0.2, -0.15) is 20.1 Å². The number of ether oxygens (including phenoxy) is 1. The number of aromatic nitrogens is 3. The predicted molar refractivity (Wildman–Crippen MR) is 133 cm³/mol. The molecule has 1 saturated heterocycles. The monoisotopic (exact) mass is 559 g/mol. The first-order valence-electron chi connectivity index (χ1n) is 10.4. The number of aromatic hydroxyl groups is 1. The zero-order valence-electron chi connectivity index (χ0n) is 18.4. The van der Waals surface area contributed by atoms with Gasteiger partial charge in [-0.05, 0) is 28.1 Å². The highest BCUT2D eigenvalue weighted by atomic mass is 79.9. The molecule has 2 heterocycles. The molecule has 0 atom stereocenters. The Kier molecular flexibility index (Phi) is 7.45. The van der Waals surface area contributed by atoms with Gasteiger partial charge in [0.2, 0.25) is 17.8 Å². The average Bonchev–Trinajstić information content (AvgIpc) is 2.87. The Balaban J connectivity index is 1.60. The van der Waals surface area contributed by atoms with Crippen molar-refractivity contribution < 1.29 is 19.7 Å². The van der Waals surface area contributed by atoms with Gasteiger partial charge in [-0.15, -0.1) is 0 Å². The van der Waals surface area contributed by atoms with E-state index in [0.29, 0.717) is 37.9 Å². The summed E-state index contributed by atoms with van der Waals surface area (Å²) in [6.45, 7) is 2.11. The number of halogens is 1. The summed E-state index contributed by atoms with van der Waals surface area (Å²) in [5, 5.41) is 39.2. The maximum Gasteiger partial charge on any atom is 0.271 e. The molecule has 0 spiro atoms. The molecule has 1 aliphatic heterocycles. The van der Waals surface area contributed by atoms with Gasteiger partial charge >= 0.3 is 0 Å². The second-order valence-electron chi connectivity index (χ2n) is 7.30. The molecular formula is C20H18BrN9O6. The number of nitrogens with one attached hydrogen (secondary N) is 2. The molecule has 0 radical (unpaired) electrons. The lowest BCUT2D eigenvalue weighted by Crippen LogP contribution is -2.37. The van der Waals surface area contributed by atoms with Crippen LogP contribution in [0.25, 0.3) is 0 Å². The molecule has 0 aliphatic carbocycles. The van der Waals surface area contributed by atoms with Gasteiger partial charge in [0.05, 0.1) is 33.7 Å². The fourth-order valence-corrected chi connectivity index (χ4v) is 3.60. The van der Waals surface area contributed by atoms with Gasteiger partial charge in [0.15, 0.2) is 0 Å². The summed E-state index contributed by atoms with van der Waals surface area (Å²) < 4.78 is 5.51. The highest BCUT2D eigenvalue weighted by molar-refractivity contribution is 9.10. The largest absolute Gasteiger partial charge is 0.506 e. The second kappa shape index (κ2) is 10.9. The Morgan fingerprint density at radius 3 is 2.36 bits per heavy atom. The Bertz CT molecular complexity index is 1320. The van der Waals surface area contributed by atoms with Crippen LogP contribution in [0.15, 0.2) is 46.0 Å². The Hall–Kier alpha value is -4.44. The minimum atomic E-state index is -0.592. The highest BCUT2D eigenvalue weighted by Crippen LogP contribution is 2.31. The van der Waals surface area contributed by atoms with Crippen LogP contribution in [-0.4, -0.2) is 62.4 Å². The number of anilines is 4. The molecule has 0 bridgehead atoms. The first kappa shape index (κ1) is 24.7. The SMILES string of the molecule is O=[N+]([O-])c1ccc(Nc2nc(NN=Cc3cc([N+](=O)[O-])cc(Br)c3O)nc(N3CCOCC3)n2)cc1. The Morgan fingerprint density at radius 2 is 1.69 bits per heavy atom. The summed E-state index contributed by atoms with van der Waals surface area (Å²) in [7, 11) is 0. The maximum absolute atomic E-state index is 11.1. The lowest BCUT2D eigenvalue weighted by molar-refractivity contribution is -0.385. The Labute approximate surface area is 211 Å². The first-order valence-corrected chi connectivity index (χ1v) is 11.2. The van der Waals surface area contributed by atoms with Gasteiger partial charge < -0.3 is 20.1 Å². The number of phenolic OH excluding ortho intramolecular Hbond substituents is 1. The van der Waals surface area contributed by atoms with Crippen LogP contribution in [0.5, 0.6) is 5.75 Å². The molecule has 1 aliphatic rings. The fourth-order valence-electron chi connectivity index (χ4n) is 3.14. The number of phenols is 1. The Morgan fingerprint density at radius 1 is 1.03 bits per heavy atom. The third kappa shape index (κ3) is 5.97. The summed E-state index contributed by atoms with van der Waals surface area (Å²) in [6.07, 6.45) is 1.19. The van der Waals surface area contributed by atoms with E-state index >= 15 is 0 Å². The van der Waals surface area contributed by atoms with E-state index in [1.54, 1.807) is 0 Å². The number of benzene rings is 2. The van der Waals surface area contributed by atoms with E-state index in [9.17, 15) is 25.3 Å². The van der Waals surface area contributed by atoms with Crippen LogP contribution in [-0.2, 0) is 4.74 Å². The lowest BCUT2D eigenvalue weighted by Gasteiger charge is -2.27. The van der Waals surface area contributed by atoms with Crippen molar-refractivity contribution in [1.29, 1.82) is 0 Å². The molecule has 16 heteroatoms. The number of morpholine rings is 1. The molecule has 1 aromatic heterocycles. The molecule has 1 fully saturated rings. The van der Waals surface area contributed by atoms with Crippen molar-refractivity contribution in [1.82, 2.24) is 15.0 Å². The summed E-state index contributed by atoms with van der Waals surface area (Å²) in [5.41, 5.74) is 2.96. The van der Waals surface area contributed by atoms with E-state index in [4.69, 9.17) is 4.74 Å². The van der Waals surface area contributed by atoms with Gasteiger partial charge in [0, 0.05) is 48.6 Å². The van der Waals surface area contributed by atoms with Crippen molar-refractivity contribution in [3.8, 4) is 5.75 Å². The minimum Gasteiger partial charge on any atom is -0.506 e. The van der Waals surface area contributed by atoms with Gasteiger partial charge in [-0.25, -0.2) is 5.43 Å². The van der Waals surface area contributed by atoms with Crippen molar-refractivity contribution in [2.24, 2.45) is 5.10 Å². The van der Waals surface area contributed by atoms with E-state index in [1.165, 1.54) is 42.6 Å². The molecule has 36 heavy (non-hydrogen) atoms. The number of hydrazone groups is 1. The third-order valence-electron chi connectivity index (χ3n) is 4.91. The number of nitro benzene ring substituents is 2. The predicted octanol–water partition coefficient (Wildman–Crippen LogP) is 3.18. The maximum atomic E-state index is 11.1. The van der Waals surface area contributed by atoms with Gasteiger partial charge in [0.25, 0.3) is 11.4 Å². The number of hydrogen-bond acceptors (Lipinski definition) is 13. The summed E-state index contributed by atoms with van der Waals surface area (Å²) in [6, 6.07) is 8.07. The van der Waals surface area contributed by atoms with Crippen LogP contribution in [0.1, 0.15) is 5.56 Å². The summed E-state index contributed by atoms with van der Waals surface area (Å²) >= 11 is 3.08. The van der Waals surface area contributed by atoms with Crippen LogP contribution >= 0.6 is 15.9 Å². The normalized spacial score (nSPS) is 13.5. The molecule has 4 rings (SSSR count). The van der Waals surface area contributed by atoms with Crippen molar-refractivity contribution in [3.63, 3.8) is 0 Å². The zero-order valence-corrected chi connectivity index (χ0v) is 20.0. The van der Waals surface area contributed by atoms with Crippen molar-refractivity contribution in [2.75, 3.05) is 41.9 Å². The molecule has 15 nitrogen and oxygen atoms in total. The van der Waals surface area contributed by atoms with Gasteiger partial charge in [0.1, 0.15) is 5.75 Å². The van der Waals surface area contributed by atoms with E-state index in [-0.39, 0.29) is 39.1 Å². The molecule has 2 aromatic carbocycles. The van der Waals surface area contributed by atoms with Gasteiger partial charge in [-0.1, -0.05) is 0 Å². The number of non-ortho nitro benzene ring substituents is 2. The van der Waals surface area contributed by atoms with Gasteiger partial charge in [-0.3, -0.25) is 20.2 Å². The average molecular weight is 560 g/mol. The number of nitrogens with zero attached hydrogens (tertiary/aromatic N) is 7. The summed E-state index contributed by atoms with van der Waals surface area (Å²) in [4.78, 5) is 35.9. The third-order valence-corrected chi connectivity index (χ3v) is 5.51. The van der Waals surface area contributed by atoms with E-state index in [2.05, 4.69) is 46.7 Å². The minimum absolute atomic E-state index is 0.0520. The molecule has 3 N–H and O–H groups in total. The van der Waals surface area contributed by atoms with Crippen LogP contribution in [0.4, 0.5) is 34.9 Å². The molecule has 0 saturated carbocycles. The van der Waals surface area contributed by atoms with Crippen LogP contribution < -0.4 is 15.6 Å². The summed E-state index contributed by atoms with van der Waals surface area (Å²) in [5.74, 6) is 0.322. The highest BCUT2D eigenvalue weighted by Gasteiger charge is 2.17. The van der Waals surface area contributed by atoms with E-state index < -0.39 is 9.85 Å². The standard InChI is InChI=1S/C20H18BrN9O6/c21-16-10-15(30(34)35)9-12(17(16)31)11-22-27-19-24-18(23-13-1-3-14(4-2-13)29(32)33)25-20(26-19)28-5-7-36-8-6-28/h1-4,9-11,31H,5-8H2,(H2,23,24,25,26,27). The lowest BCUT2D eigenvalue weighted by atomic mass is 10.2. The number of nitro groups is 2. The smallest absolute Gasteiger partial charge is 0.271 e. The molecule has 3 aromatic rings. The molecular weight excluding hydrogens is 542 g/mol. The zero-order chi connectivity index (χ0) is 25.7. The van der Waals surface area contributed by atoms with Crippen LogP contribution in [0.3, 0.4) is 0 Å². The molecule has 186 valence electrons. The topological polar surface area (TPSA) is 194 Å². The number of rotatable bonds is 8. The van der Waals surface area contributed by atoms with Crippen molar-refractivity contribution >= 4 is 57.1 Å². The molecule has 0 amide bonds. The van der Waals surface area contributed by atoms with E-state index in [0.717, 1.165) is 0 Å². The number of hydrogen-bond donors (Lipinski definition) is 3. The molecule has 0 unspecified atom stereocenters. The first-order chi connectivity index (χ1) is 17.3.